The standard InChI is InChI=1S/C13H20N2O3S2.C2HF3O2/c1-20(16,17)14-13-9-18-8-10-5-15(7-12(10)13)6-11-3-2-4-19-11;3-2(4,5)1(6)7/h2-4,10,12-14H,5-9H2,1H3;(H,6,7)/t10-,12-,13-;/m0./s1. The number of carboxylic acids is 1. The molecular formula is C15H21F3N2O5S2. The van der Waals surface area contributed by atoms with Crippen LogP contribution in [0.2, 0.25) is 0 Å². The summed E-state index contributed by atoms with van der Waals surface area (Å²) in [7, 11) is -3.18. The van der Waals surface area contributed by atoms with E-state index in [1.54, 1.807) is 11.3 Å². The van der Waals surface area contributed by atoms with E-state index in [4.69, 9.17) is 14.6 Å². The van der Waals surface area contributed by atoms with Crippen LogP contribution in [0, 0.1) is 11.8 Å². The summed E-state index contributed by atoms with van der Waals surface area (Å²) in [5.41, 5.74) is 0. The number of nitrogens with zero attached hydrogens (tertiary/aromatic N) is 1. The summed E-state index contributed by atoms with van der Waals surface area (Å²) in [6, 6.07) is 4.13. The molecule has 0 unspecified atom stereocenters. The monoisotopic (exact) mass is 430 g/mol. The first kappa shape index (κ1) is 22.1. The van der Waals surface area contributed by atoms with Crippen molar-refractivity contribution in [2.75, 3.05) is 32.6 Å². The lowest BCUT2D eigenvalue weighted by molar-refractivity contribution is -0.192. The van der Waals surface area contributed by atoms with Crippen LogP contribution < -0.4 is 4.72 Å². The fourth-order valence-electron chi connectivity index (χ4n) is 3.24. The molecule has 0 radical (unpaired) electrons. The van der Waals surface area contributed by atoms with Crippen LogP contribution in [-0.4, -0.2) is 69.2 Å². The molecule has 2 aliphatic rings. The van der Waals surface area contributed by atoms with Gasteiger partial charge in [0.2, 0.25) is 10.0 Å². The van der Waals surface area contributed by atoms with Crippen LogP contribution in [0.25, 0.3) is 0 Å². The Morgan fingerprint density at radius 3 is 2.59 bits per heavy atom. The maximum Gasteiger partial charge on any atom is 0.490 e. The molecule has 1 aromatic heterocycles. The fourth-order valence-corrected chi connectivity index (χ4v) is 4.78. The van der Waals surface area contributed by atoms with Gasteiger partial charge in [-0.15, -0.1) is 11.3 Å². The second kappa shape index (κ2) is 8.86. The second-order valence-corrected chi connectivity index (χ2v) is 9.35. The van der Waals surface area contributed by atoms with E-state index >= 15 is 0 Å². The van der Waals surface area contributed by atoms with Crippen molar-refractivity contribution in [3.05, 3.63) is 22.4 Å². The van der Waals surface area contributed by atoms with Crippen LogP contribution in [0.1, 0.15) is 4.88 Å². The van der Waals surface area contributed by atoms with Gasteiger partial charge in [-0.3, -0.25) is 4.90 Å². The molecule has 3 rings (SSSR count). The van der Waals surface area contributed by atoms with Gasteiger partial charge in [-0.25, -0.2) is 17.9 Å². The first-order valence-electron chi connectivity index (χ1n) is 8.05. The molecule has 7 nitrogen and oxygen atoms in total. The maximum atomic E-state index is 11.4. The molecule has 3 heterocycles. The second-order valence-electron chi connectivity index (χ2n) is 6.53. The van der Waals surface area contributed by atoms with Gasteiger partial charge in [-0.2, -0.15) is 13.2 Å². The van der Waals surface area contributed by atoms with Crippen molar-refractivity contribution < 1.29 is 36.2 Å². The summed E-state index contributed by atoms with van der Waals surface area (Å²) < 4.78 is 62.9. The lowest BCUT2D eigenvalue weighted by Crippen LogP contribution is -2.49. The number of hydrogen-bond donors (Lipinski definition) is 2. The zero-order valence-corrected chi connectivity index (χ0v) is 16.1. The highest BCUT2D eigenvalue weighted by Gasteiger charge is 2.42. The van der Waals surface area contributed by atoms with E-state index in [-0.39, 0.29) is 6.04 Å². The van der Waals surface area contributed by atoms with Gasteiger partial charge in [0.1, 0.15) is 0 Å². The average molecular weight is 430 g/mol. The number of hydrogen-bond acceptors (Lipinski definition) is 6. The summed E-state index contributed by atoms with van der Waals surface area (Å²) in [6.45, 7) is 4.12. The molecule has 2 saturated heterocycles. The van der Waals surface area contributed by atoms with Crippen LogP contribution >= 0.6 is 11.3 Å². The lowest BCUT2D eigenvalue weighted by atomic mass is 9.88. The number of carbonyl (C=O) groups is 1. The molecule has 0 aliphatic carbocycles. The number of rotatable bonds is 4. The van der Waals surface area contributed by atoms with E-state index in [2.05, 4.69) is 27.1 Å². The molecule has 1 aromatic rings. The van der Waals surface area contributed by atoms with Crippen LogP contribution in [0.4, 0.5) is 13.2 Å². The summed E-state index contributed by atoms with van der Waals surface area (Å²) in [6.07, 6.45) is -3.87. The van der Waals surface area contributed by atoms with Crippen molar-refractivity contribution in [1.29, 1.82) is 0 Å². The molecule has 0 amide bonds. The SMILES string of the molecule is CS(=O)(=O)N[C@H]1COC[C@@H]2CN(Cc3cccs3)C[C@@H]21.O=C(O)C(F)(F)F. The van der Waals surface area contributed by atoms with Crippen molar-refractivity contribution in [1.82, 2.24) is 9.62 Å². The Bertz CT molecular complexity index is 724. The molecule has 27 heavy (non-hydrogen) atoms. The summed E-state index contributed by atoms with van der Waals surface area (Å²) >= 11 is 1.77. The topological polar surface area (TPSA) is 95.9 Å². The van der Waals surface area contributed by atoms with E-state index in [1.807, 2.05) is 0 Å². The largest absolute Gasteiger partial charge is 0.490 e. The van der Waals surface area contributed by atoms with Crippen molar-refractivity contribution in [2.45, 2.75) is 18.8 Å². The van der Waals surface area contributed by atoms with E-state index in [9.17, 15) is 21.6 Å². The number of sulfonamides is 1. The Balaban J connectivity index is 0.000000321. The minimum absolute atomic E-state index is 0.0860. The zero-order valence-electron chi connectivity index (χ0n) is 14.5. The molecule has 0 saturated carbocycles. The molecule has 154 valence electrons. The predicted octanol–water partition coefficient (Wildman–Crippen LogP) is 1.38. The van der Waals surface area contributed by atoms with Gasteiger partial charge < -0.3 is 9.84 Å². The van der Waals surface area contributed by atoms with Crippen LogP contribution in [0.15, 0.2) is 17.5 Å². The van der Waals surface area contributed by atoms with Gasteiger partial charge in [0, 0.05) is 36.5 Å². The highest BCUT2D eigenvalue weighted by Crippen LogP contribution is 2.32. The Hall–Kier alpha value is -1.21. The maximum absolute atomic E-state index is 11.4. The minimum Gasteiger partial charge on any atom is -0.475 e. The van der Waals surface area contributed by atoms with E-state index in [1.165, 1.54) is 11.1 Å². The Labute approximate surface area is 159 Å². The number of likely N-dealkylation sites (tertiary alicyclic amines) is 1. The summed E-state index contributed by atoms with van der Waals surface area (Å²) in [5.74, 6) is -1.96. The van der Waals surface area contributed by atoms with Gasteiger partial charge >= 0.3 is 12.1 Å². The number of nitrogens with one attached hydrogen (secondary N) is 1. The zero-order chi connectivity index (χ0) is 20.2. The molecule has 3 atom stereocenters. The normalized spacial score (nSPS) is 26.1. The number of carboxylic acid groups (broad SMARTS) is 1. The quantitative estimate of drug-likeness (QED) is 0.749. The first-order chi connectivity index (χ1) is 12.5. The van der Waals surface area contributed by atoms with Crippen LogP contribution in [-0.2, 0) is 26.1 Å². The molecule has 2 N–H and O–H groups in total. The van der Waals surface area contributed by atoms with E-state index in [0.717, 1.165) is 26.2 Å². The van der Waals surface area contributed by atoms with Crippen LogP contribution in [0.3, 0.4) is 0 Å². The smallest absolute Gasteiger partial charge is 0.475 e. The summed E-state index contributed by atoms with van der Waals surface area (Å²) in [4.78, 5) is 12.7. The van der Waals surface area contributed by atoms with E-state index < -0.39 is 22.2 Å². The molecule has 0 bridgehead atoms. The molecule has 0 spiro atoms. The number of alkyl halides is 3. The third-order valence-corrected chi connectivity index (χ3v) is 5.87. The average Bonchev–Trinajstić information content (AvgIpc) is 3.15. The molecule has 12 heteroatoms. The van der Waals surface area contributed by atoms with Gasteiger partial charge in [0.25, 0.3) is 0 Å². The third-order valence-electron chi connectivity index (χ3n) is 4.28. The molecule has 2 fully saturated rings. The van der Waals surface area contributed by atoms with Gasteiger partial charge in [-0.1, -0.05) is 6.07 Å². The van der Waals surface area contributed by atoms with Gasteiger partial charge in [0.05, 0.1) is 19.5 Å². The summed E-state index contributed by atoms with van der Waals surface area (Å²) in [5, 5.41) is 9.22. The van der Waals surface area contributed by atoms with Gasteiger partial charge in [-0.05, 0) is 17.4 Å². The predicted molar refractivity (Wildman–Crippen MR) is 92.9 cm³/mol. The van der Waals surface area contributed by atoms with Crippen molar-refractivity contribution in [2.24, 2.45) is 11.8 Å². The number of ether oxygens (including phenoxy) is 1. The lowest BCUT2D eigenvalue weighted by Gasteiger charge is -2.32. The van der Waals surface area contributed by atoms with Gasteiger partial charge in [0.15, 0.2) is 0 Å². The number of aliphatic carboxylic acids is 1. The molecular weight excluding hydrogens is 409 g/mol. The highest BCUT2D eigenvalue weighted by atomic mass is 32.2. The number of halogens is 3. The van der Waals surface area contributed by atoms with Crippen molar-refractivity contribution >= 4 is 27.3 Å². The van der Waals surface area contributed by atoms with E-state index in [0.29, 0.717) is 18.4 Å². The first-order valence-corrected chi connectivity index (χ1v) is 10.8. The number of thiophene rings is 1. The molecule has 0 aromatic carbocycles. The van der Waals surface area contributed by atoms with Crippen molar-refractivity contribution in [3.8, 4) is 0 Å². The minimum atomic E-state index is -5.08. The Morgan fingerprint density at radius 2 is 2.07 bits per heavy atom. The number of fused-ring (bicyclic) bond motifs is 1. The Kier molecular flexibility index (Phi) is 7.25. The third kappa shape index (κ3) is 7.03. The molecule has 2 aliphatic heterocycles. The Morgan fingerprint density at radius 1 is 1.41 bits per heavy atom. The van der Waals surface area contributed by atoms with Crippen LogP contribution in [0.5, 0.6) is 0 Å². The highest BCUT2D eigenvalue weighted by molar-refractivity contribution is 7.88. The van der Waals surface area contributed by atoms with Crippen molar-refractivity contribution in [3.63, 3.8) is 0 Å². The fraction of sp³-hybridized carbons (Fsp3) is 0.667.